The number of aromatic nitrogens is 8. The Kier molecular flexibility index (Phi) is 18.3. The van der Waals surface area contributed by atoms with Crippen LogP contribution in [0.15, 0.2) is 291 Å². The third-order valence-corrected chi connectivity index (χ3v) is 37.3. The molecule has 16 heterocycles. The van der Waals surface area contributed by atoms with Crippen LogP contribution in [0, 0.1) is 96.9 Å². The fourth-order valence-corrected chi connectivity index (χ4v) is 31.1. The van der Waals surface area contributed by atoms with E-state index >= 15 is 0 Å². The number of hydrogen-bond acceptors (Lipinski definition) is 8. The van der Waals surface area contributed by atoms with E-state index in [0.717, 1.165) is 0 Å². The molecule has 16 aromatic heterocycles. The van der Waals surface area contributed by atoms with Crippen LogP contribution in [0.4, 0.5) is 0 Å². The third kappa shape index (κ3) is 12.4. The van der Waals surface area contributed by atoms with Crippen LogP contribution in [0.25, 0.3) is 233 Å². The molecule has 0 fully saturated rings. The summed E-state index contributed by atoms with van der Waals surface area (Å²) in [6.45, 7) is 30.6. The van der Waals surface area contributed by atoms with E-state index in [9.17, 15) is 0 Å². The zero-order valence-corrected chi connectivity index (χ0v) is 84.1. The molecule has 658 valence electrons. The van der Waals surface area contributed by atoms with Crippen molar-refractivity contribution in [3.63, 3.8) is 0 Å². The Bertz CT molecular complexity index is 10100. The molecule has 29 rings (SSSR count). The predicted octanol–water partition coefficient (Wildman–Crippen LogP) is 37.0. The van der Waals surface area contributed by atoms with Crippen molar-refractivity contribution in [1.29, 1.82) is 0 Å². The highest BCUT2D eigenvalue weighted by molar-refractivity contribution is 7.34. The SMILES string of the molecule is Cc1ccc(-n2c3cc(C)ccc3c3sc4cc5c(cc4c32)n(-c2ccc(C)cc2)c2c3ccc(C)cc3n(-c3ccc(C)cc3)c52)cc1.Cc1ccc(-n2c3cc(C)sc3c3sc4cc5c(cc4c32)n(-c2ccc(C)cc2)c2c3sc(C)cc3n(-c3ccc(C)cc3)c52)cc1.Cc1ccc(-n2c3cc(C)sc3c3sc4cc5c6sc7cc(C)sc7c6n(-c6ccc(C)cc6)c5cc4c32)cc1. The number of hydrogen-bond donors (Lipinski definition) is 0. The second-order valence-electron chi connectivity index (χ2n) is 37.8. The molecular weight excluding hydrogens is 1810 g/mol. The summed E-state index contributed by atoms with van der Waals surface area (Å²) in [6, 6.07) is 110. The molecule has 0 N–H and O–H groups in total. The highest BCUT2D eigenvalue weighted by Gasteiger charge is 2.32. The first-order valence-electron chi connectivity index (χ1n) is 46.5. The quantitative estimate of drug-likeness (QED) is 0.145. The summed E-state index contributed by atoms with van der Waals surface area (Å²) >= 11 is 15.4. The van der Waals surface area contributed by atoms with Gasteiger partial charge in [0.25, 0.3) is 0 Å². The Labute approximate surface area is 816 Å². The van der Waals surface area contributed by atoms with Crippen molar-refractivity contribution < 1.29 is 0 Å². The lowest BCUT2D eigenvalue weighted by atomic mass is 10.1. The number of rotatable bonds is 8. The van der Waals surface area contributed by atoms with Gasteiger partial charge in [0.05, 0.1) is 126 Å². The van der Waals surface area contributed by atoms with Gasteiger partial charge in [-0.05, 0) is 278 Å². The number of benzene rings is 13. The molecule has 13 aromatic carbocycles. The lowest BCUT2D eigenvalue weighted by molar-refractivity contribution is 1.17. The molecule has 136 heavy (non-hydrogen) atoms. The monoisotopic (exact) mass is 1900 g/mol. The van der Waals surface area contributed by atoms with Crippen LogP contribution in [0.1, 0.15) is 75.1 Å². The van der Waals surface area contributed by atoms with Crippen LogP contribution < -0.4 is 0 Å². The Morgan fingerprint density at radius 2 is 0.375 bits per heavy atom. The smallest absolute Gasteiger partial charge is 0.0905 e. The van der Waals surface area contributed by atoms with Crippen LogP contribution in [0.2, 0.25) is 0 Å². The van der Waals surface area contributed by atoms with Gasteiger partial charge in [0, 0.05) is 127 Å². The lowest BCUT2D eigenvalue weighted by Crippen LogP contribution is -1.95. The molecule has 0 bridgehead atoms. The fourth-order valence-electron chi connectivity index (χ4n) is 21.6. The molecule has 0 unspecified atom stereocenters. The fraction of sp³-hybridized carbons (Fsp3) is 0.117. The Hall–Kier alpha value is -13.6. The van der Waals surface area contributed by atoms with Gasteiger partial charge >= 0.3 is 0 Å². The van der Waals surface area contributed by atoms with Gasteiger partial charge in [0.1, 0.15) is 0 Å². The van der Waals surface area contributed by atoms with Gasteiger partial charge in [0.15, 0.2) is 0 Å². The molecule has 16 heteroatoms. The Morgan fingerprint density at radius 1 is 0.132 bits per heavy atom. The molecule has 0 spiro atoms. The molecule has 0 aliphatic rings. The summed E-state index contributed by atoms with van der Waals surface area (Å²) in [5.74, 6) is 0. The van der Waals surface area contributed by atoms with Gasteiger partial charge in [-0.1, -0.05) is 166 Å². The Morgan fingerprint density at radius 3 is 0.772 bits per heavy atom. The number of thiophene rings is 8. The van der Waals surface area contributed by atoms with Gasteiger partial charge in [-0.25, -0.2) is 0 Å². The van der Waals surface area contributed by atoms with Crippen LogP contribution in [-0.2, 0) is 0 Å². The first kappa shape index (κ1) is 81.9. The van der Waals surface area contributed by atoms with Crippen LogP contribution >= 0.6 is 90.7 Å². The maximum Gasteiger partial charge on any atom is 0.0905 e. The molecule has 0 aliphatic carbocycles. The van der Waals surface area contributed by atoms with E-state index in [1.54, 1.807) is 0 Å². The van der Waals surface area contributed by atoms with Gasteiger partial charge in [-0.2, -0.15) is 0 Å². The van der Waals surface area contributed by atoms with Crippen molar-refractivity contribution in [2.45, 2.75) is 96.9 Å². The first-order chi connectivity index (χ1) is 66.1. The summed E-state index contributed by atoms with van der Waals surface area (Å²) in [5, 5.41) is 10.4. The van der Waals surface area contributed by atoms with Crippen molar-refractivity contribution in [2.24, 2.45) is 0 Å². The molecule has 0 aliphatic heterocycles. The molecule has 0 atom stereocenters. The van der Waals surface area contributed by atoms with Crippen molar-refractivity contribution in [2.75, 3.05) is 0 Å². The average molecular weight is 1900 g/mol. The molecule has 29 aromatic rings. The van der Waals surface area contributed by atoms with Gasteiger partial charge < -0.3 is 36.5 Å². The van der Waals surface area contributed by atoms with E-state index in [1.165, 1.54) is 308 Å². The van der Waals surface area contributed by atoms with Crippen LogP contribution in [0.5, 0.6) is 0 Å². The third-order valence-electron chi connectivity index (χ3n) is 28.0. The topological polar surface area (TPSA) is 39.4 Å². The van der Waals surface area contributed by atoms with E-state index in [1.807, 2.05) is 90.7 Å². The highest BCUT2D eigenvalue weighted by atomic mass is 32.1. The van der Waals surface area contributed by atoms with Gasteiger partial charge in [-0.3, -0.25) is 0 Å². The highest BCUT2D eigenvalue weighted by Crippen LogP contribution is 2.55. The molecule has 8 nitrogen and oxygen atoms in total. The minimum atomic E-state index is 1.18. The second kappa shape index (κ2) is 30.4. The minimum Gasteiger partial charge on any atom is -0.308 e. The van der Waals surface area contributed by atoms with Crippen molar-refractivity contribution in [1.82, 2.24) is 36.5 Å². The summed E-state index contributed by atoms with van der Waals surface area (Å²) in [5.41, 5.74) is 42.9. The van der Waals surface area contributed by atoms with E-state index in [-0.39, 0.29) is 0 Å². The molecule has 0 saturated heterocycles. The normalized spacial score (nSPS) is 12.3. The molecular formula is C120H90N8S8. The summed E-state index contributed by atoms with van der Waals surface area (Å²) in [6.07, 6.45) is 0. The van der Waals surface area contributed by atoms with Crippen LogP contribution in [0.3, 0.4) is 0 Å². The van der Waals surface area contributed by atoms with E-state index in [4.69, 9.17) is 0 Å². The first-order valence-corrected chi connectivity index (χ1v) is 53.0. The Balaban J connectivity index is 0.000000104. The standard InChI is InChI=1S/C45H35N3S.C41H31N3S3.C34H24N2S4/c1-26-6-14-31(15-7-26)46-38-22-29(4)12-20-34(38)42-43(46)36-25-41-37(24-40(36)47(42)32-16-8-27(2)9-17-32)44-45(49-41)35-21-13-30(5)23-39(35)48(44)33-18-10-28(3)11-19-33;1-22-6-12-27(13-7-22)42-32-20-31-35(47-41-37(31)44(29-16-10-24(3)11-17-29)34-19-26(5)46-40(34)41)21-30(32)36-38(42)39-33(18-25(4)45-39)43(36)28-14-8-23(2)9-15-28;1-17-5-9-21(10-6-17)35-25-15-24-27(16-23(25)31-30(35)33-28(40-31)14-20(4)38-33)39-34-29(24)36(22-11-7-18(2)8-12-22)26-13-19(3)37-32(26)34/h6-25H,1-5H3;6-21H,1-5H3;5-16H,1-4H3. The zero-order valence-electron chi connectivity index (χ0n) is 77.6. The van der Waals surface area contributed by atoms with Crippen molar-refractivity contribution >= 4 is 278 Å². The predicted molar refractivity (Wildman–Crippen MR) is 598 cm³/mol. The molecule has 0 amide bonds. The lowest BCUT2D eigenvalue weighted by Gasteiger charge is -2.11. The largest absolute Gasteiger partial charge is 0.308 e. The van der Waals surface area contributed by atoms with Crippen molar-refractivity contribution in [3.05, 3.63) is 366 Å². The summed E-state index contributed by atoms with van der Waals surface area (Å²) in [7, 11) is 0. The maximum absolute atomic E-state index is 2.53. The van der Waals surface area contributed by atoms with E-state index in [2.05, 4.69) is 425 Å². The zero-order chi connectivity index (χ0) is 91.7. The molecule has 0 radical (unpaired) electrons. The number of aryl methyl sites for hydroxylation is 14. The number of nitrogens with zero attached hydrogens (tertiary/aromatic N) is 8. The van der Waals surface area contributed by atoms with E-state index < -0.39 is 0 Å². The van der Waals surface area contributed by atoms with Crippen molar-refractivity contribution in [3.8, 4) is 45.5 Å². The number of fused-ring (bicyclic) bond motifs is 30. The maximum atomic E-state index is 2.53. The minimum absolute atomic E-state index is 1.18. The molecule has 0 saturated carbocycles. The van der Waals surface area contributed by atoms with Gasteiger partial charge in [-0.15, -0.1) is 90.7 Å². The summed E-state index contributed by atoms with van der Waals surface area (Å²) < 4.78 is 36.5. The summed E-state index contributed by atoms with van der Waals surface area (Å²) in [4.78, 5) is 5.40. The van der Waals surface area contributed by atoms with Crippen LogP contribution in [-0.4, -0.2) is 36.5 Å². The second-order valence-corrected chi connectivity index (χ2v) is 47.0. The van der Waals surface area contributed by atoms with E-state index in [0.29, 0.717) is 0 Å². The van der Waals surface area contributed by atoms with Gasteiger partial charge in [0.2, 0.25) is 0 Å². The average Bonchev–Trinajstić information content (AvgIpc) is 1.52.